The Balaban J connectivity index is 2.06. The van der Waals surface area contributed by atoms with Crippen LogP contribution in [0.3, 0.4) is 0 Å². The number of carbonyl (C=O) groups excluding carboxylic acids is 2. The minimum atomic E-state index is -4.52. The molecule has 2 amide bonds. The largest absolute Gasteiger partial charge is 0.416 e. The molecule has 0 atom stereocenters. The number of carbonyl (C=O) groups is 2. The first-order valence-electron chi connectivity index (χ1n) is 6.71. The Morgan fingerprint density at radius 3 is 2.04 bits per heavy atom. The Bertz CT molecular complexity index is 820. The van der Waals surface area contributed by atoms with Crippen molar-refractivity contribution in [3.63, 3.8) is 0 Å². The average Bonchev–Trinajstić information content (AvgIpc) is 2.54. The van der Waals surface area contributed by atoms with Crippen LogP contribution in [0.1, 0.15) is 5.56 Å². The third-order valence-electron chi connectivity index (χ3n) is 3.03. The zero-order valence-electron chi connectivity index (χ0n) is 12.3. The van der Waals surface area contributed by atoms with Gasteiger partial charge in [0.15, 0.2) is 0 Å². The smallest absolute Gasteiger partial charge is 0.318 e. The van der Waals surface area contributed by atoms with E-state index >= 15 is 0 Å². The number of halogens is 3. The molecule has 0 bridgehead atoms. The zero-order chi connectivity index (χ0) is 18.6. The van der Waals surface area contributed by atoms with E-state index in [1.807, 2.05) is 0 Å². The lowest BCUT2D eigenvalue weighted by atomic mass is 10.2. The fraction of sp³-hybridized carbons (Fsp3) is 0.0667. The van der Waals surface area contributed by atoms with Gasteiger partial charge >= 0.3 is 18.0 Å². The molecular weight excluding hydrogens is 343 g/mol. The van der Waals surface area contributed by atoms with E-state index < -0.39 is 34.2 Å². The van der Waals surface area contributed by atoms with Crippen LogP contribution >= 0.6 is 0 Å². The number of hydrogen-bond acceptors (Lipinski definition) is 4. The Hall–Kier alpha value is -3.43. The molecular formula is C15H10F3N3O4. The molecule has 0 radical (unpaired) electrons. The summed E-state index contributed by atoms with van der Waals surface area (Å²) in [5.41, 5.74) is -1.52. The van der Waals surface area contributed by atoms with E-state index in [2.05, 4.69) is 10.6 Å². The number of benzene rings is 2. The number of nitrogens with one attached hydrogen (secondary N) is 2. The fourth-order valence-electron chi connectivity index (χ4n) is 1.85. The summed E-state index contributed by atoms with van der Waals surface area (Å²) in [5.74, 6) is -2.38. The number of rotatable bonds is 3. The van der Waals surface area contributed by atoms with Gasteiger partial charge in [0.1, 0.15) is 5.69 Å². The van der Waals surface area contributed by atoms with Crippen molar-refractivity contribution in [2.45, 2.75) is 6.18 Å². The third kappa shape index (κ3) is 4.53. The SMILES string of the molecule is O=C(Nc1ccc(C(F)(F)F)cc1)C(=O)Nc1ccccc1[N+](=O)[O-]. The van der Waals surface area contributed by atoms with Crippen molar-refractivity contribution >= 4 is 28.9 Å². The van der Waals surface area contributed by atoms with E-state index in [4.69, 9.17) is 0 Å². The molecule has 0 aliphatic rings. The summed E-state index contributed by atoms with van der Waals surface area (Å²) in [7, 11) is 0. The quantitative estimate of drug-likeness (QED) is 0.503. The lowest BCUT2D eigenvalue weighted by Crippen LogP contribution is -2.29. The molecule has 0 aromatic heterocycles. The van der Waals surface area contributed by atoms with Gasteiger partial charge in [-0.1, -0.05) is 12.1 Å². The van der Waals surface area contributed by atoms with Crippen molar-refractivity contribution in [3.8, 4) is 0 Å². The summed E-state index contributed by atoms with van der Waals surface area (Å²) >= 11 is 0. The van der Waals surface area contributed by atoms with Gasteiger partial charge in [0.25, 0.3) is 5.69 Å². The molecule has 2 aromatic carbocycles. The van der Waals surface area contributed by atoms with Crippen LogP contribution < -0.4 is 10.6 Å². The van der Waals surface area contributed by atoms with Gasteiger partial charge in [-0.2, -0.15) is 13.2 Å². The van der Waals surface area contributed by atoms with E-state index in [0.717, 1.165) is 30.3 Å². The van der Waals surface area contributed by atoms with Crippen LogP contribution in [0.4, 0.5) is 30.2 Å². The number of alkyl halides is 3. The van der Waals surface area contributed by atoms with Gasteiger partial charge in [-0.15, -0.1) is 0 Å². The number of anilines is 2. The molecule has 0 fully saturated rings. The lowest BCUT2D eigenvalue weighted by molar-refractivity contribution is -0.383. The second kappa shape index (κ2) is 6.99. The Morgan fingerprint density at radius 1 is 0.920 bits per heavy atom. The van der Waals surface area contributed by atoms with Crippen molar-refractivity contribution in [1.29, 1.82) is 0 Å². The molecule has 0 heterocycles. The number of hydrogen-bond donors (Lipinski definition) is 2. The molecule has 0 saturated heterocycles. The maximum atomic E-state index is 12.4. The predicted octanol–water partition coefficient (Wildman–Crippen LogP) is 3.19. The van der Waals surface area contributed by atoms with Crippen molar-refractivity contribution in [3.05, 3.63) is 64.2 Å². The van der Waals surface area contributed by atoms with E-state index in [1.54, 1.807) is 0 Å². The van der Waals surface area contributed by atoms with Crippen LogP contribution in [-0.4, -0.2) is 16.7 Å². The van der Waals surface area contributed by atoms with Crippen molar-refractivity contribution in [2.24, 2.45) is 0 Å². The molecule has 2 N–H and O–H groups in total. The minimum absolute atomic E-state index is 0.0317. The molecule has 2 rings (SSSR count). The van der Waals surface area contributed by atoms with E-state index in [-0.39, 0.29) is 11.4 Å². The number of amides is 2. The van der Waals surface area contributed by atoms with Crippen LogP contribution in [0.2, 0.25) is 0 Å². The normalized spacial score (nSPS) is 10.8. The van der Waals surface area contributed by atoms with Crippen molar-refractivity contribution in [1.82, 2.24) is 0 Å². The first kappa shape index (κ1) is 17.9. The number of nitro groups is 1. The molecule has 0 aliphatic carbocycles. The van der Waals surface area contributed by atoms with Crippen LogP contribution in [0.25, 0.3) is 0 Å². The molecule has 2 aromatic rings. The molecule has 7 nitrogen and oxygen atoms in total. The summed E-state index contributed by atoms with van der Waals surface area (Å²) in [4.78, 5) is 33.7. The molecule has 25 heavy (non-hydrogen) atoms. The van der Waals surface area contributed by atoms with Gasteiger partial charge in [0, 0.05) is 11.8 Å². The zero-order valence-corrected chi connectivity index (χ0v) is 12.3. The first-order valence-corrected chi connectivity index (χ1v) is 6.71. The van der Waals surface area contributed by atoms with Crippen LogP contribution in [0, 0.1) is 10.1 Å². The standard InChI is InChI=1S/C15H10F3N3O4/c16-15(17,18)9-5-7-10(8-6-9)19-13(22)14(23)20-11-3-1-2-4-12(11)21(24)25/h1-8H,(H,19,22)(H,20,23). The molecule has 0 aliphatic heterocycles. The van der Waals surface area contributed by atoms with Crippen molar-refractivity contribution in [2.75, 3.05) is 10.6 Å². The molecule has 0 unspecified atom stereocenters. The summed E-state index contributed by atoms with van der Waals surface area (Å²) in [6, 6.07) is 8.65. The predicted molar refractivity (Wildman–Crippen MR) is 81.8 cm³/mol. The number of nitro benzene ring substituents is 1. The molecule has 130 valence electrons. The monoisotopic (exact) mass is 353 g/mol. The molecule has 10 heteroatoms. The highest BCUT2D eigenvalue weighted by atomic mass is 19.4. The maximum absolute atomic E-state index is 12.4. The van der Waals surface area contributed by atoms with Gasteiger partial charge < -0.3 is 10.6 Å². The van der Waals surface area contributed by atoms with E-state index in [9.17, 15) is 32.9 Å². The Morgan fingerprint density at radius 2 is 1.48 bits per heavy atom. The van der Waals surface area contributed by atoms with Crippen LogP contribution in [-0.2, 0) is 15.8 Å². The van der Waals surface area contributed by atoms with Gasteiger partial charge in [-0.05, 0) is 30.3 Å². The highest BCUT2D eigenvalue weighted by Gasteiger charge is 2.30. The van der Waals surface area contributed by atoms with Gasteiger partial charge in [-0.3, -0.25) is 19.7 Å². The number of para-hydroxylation sites is 2. The van der Waals surface area contributed by atoms with Crippen LogP contribution in [0.15, 0.2) is 48.5 Å². The second-order valence-corrected chi connectivity index (χ2v) is 4.76. The summed E-state index contributed by atoms with van der Waals surface area (Å²) in [5, 5.41) is 15.0. The highest BCUT2D eigenvalue weighted by Crippen LogP contribution is 2.29. The third-order valence-corrected chi connectivity index (χ3v) is 3.03. The molecule has 0 spiro atoms. The minimum Gasteiger partial charge on any atom is -0.318 e. The summed E-state index contributed by atoms with van der Waals surface area (Å²) in [6.45, 7) is 0. The lowest BCUT2D eigenvalue weighted by Gasteiger charge is -2.09. The van der Waals surface area contributed by atoms with Gasteiger partial charge in [0.05, 0.1) is 10.5 Å². The average molecular weight is 353 g/mol. The number of nitrogens with zero attached hydrogens (tertiary/aromatic N) is 1. The topological polar surface area (TPSA) is 101 Å². The Labute approximate surface area is 138 Å². The highest BCUT2D eigenvalue weighted by molar-refractivity contribution is 6.43. The van der Waals surface area contributed by atoms with Gasteiger partial charge in [0.2, 0.25) is 0 Å². The first-order chi connectivity index (χ1) is 11.7. The maximum Gasteiger partial charge on any atom is 0.416 e. The van der Waals surface area contributed by atoms with E-state index in [0.29, 0.717) is 0 Å². The second-order valence-electron chi connectivity index (χ2n) is 4.76. The van der Waals surface area contributed by atoms with Crippen LogP contribution in [0.5, 0.6) is 0 Å². The fourth-order valence-corrected chi connectivity index (χ4v) is 1.85. The Kier molecular flexibility index (Phi) is 5.01. The summed E-state index contributed by atoms with van der Waals surface area (Å²) in [6.07, 6.45) is -4.52. The summed E-state index contributed by atoms with van der Waals surface area (Å²) < 4.78 is 37.3. The van der Waals surface area contributed by atoms with Gasteiger partial charge in [-0.25, -0.2) is 0 Å². The molecule has 0 saturated carbocycles. The van der Waals surface area contributed by atoms with E-state index in [1.165, 1.54) is 18.2 Å². The van der Waals surface area contributed by atoms with Crippen molar-refractivity contribution < 1.29 is 27.7 Å².